The average molecular weight is 202 g/mol. The van der Waals surface area contributed by atoms with Gasteiger partial charge in [-0.05, 0) is 17.2 Å². The Kier molecular flexibility index (Phi) is 1.62. The predicted molar refractivity (Wildman–Crippen MR) is 57.5 cm³/mol. The van der Waals surface area contributed by atoms with Gasteiger partial charge in [0.05, 0.1) is 5.69 Å². The van der Waals surface area contributed by atoms with Crippen molar-refractivity contribution in [2.75, 3.05) is 0 Å². The van der Waals surface area contributed by atoms with Crippen molar-refractivity contribution < 1.29 is 0 Å². The number of hydrogen-bond donors (Lipinski definition) is 0. The summed E-state index contributed by atoms with van der Waals surface area (Å²) in [6, 6.07) is 12.3. The van der Waals surface area contributed by atoms with Crippen LogP contribution in [0.25, 0.3) is 11.3 Å². The third kappa shape index (κ3) is 1.06. The lowest BCUT2D eigenvalue weighted by molar-refractivity contribution is 1.23. The van der Waals surface area contributed by atoms with E-state index in [0.29, 0.717) is 5.15 Å². The van der Waals surface area contributed by atoms with Crippen LogP contribution in [-0.4, -0.2) is 4.98 Å². The molecule has 0 atom stereocenters. The van der Waals surface area contributed by atoms with E-state index in [9.17, 15) is 0 Å². The highest BCUT2D eigenvalue weighted by molar-refractivity contribution is 6.29. The van der Waals surface area contributed by atoms with Gasteiger partial charge in [0, 0.05) is 12.0 Å². The predicted octanol–water partition coefficient (Wildman–Crippen LogP) is 3.31. The van der Waals surface area contributed by atoms with Crippen molar-refractivity contribution >= 4 is 11.6 Å². The van der Waals surface area contributed by atoms with Crippen LogP contribution in [0.15, 0.2) is 36.4 Å². The molecule has 2 aromatic rings. The number of rotatable bonds is 0. The first-order valence-electron chi connectivity index (χ1n) is 4.58. The molecule has 0 aliphatic heterocycles. The fourth-order valence-electron chi connectivity index (χ4n) is 1.95. The van der Waals surface area contributed by atoms with Crippen LogP contribution in [-0.2, 0) is 6.42 Å². The van der Waals surface area contributed by atoms with Gasteiger partial charge in [-0.1, -0.05) is 41.9 Å². The molecule has 0 N–H and O–H groups in total. The Balaban J connectivity index is 2.30. The van der Waals surface area contributed by atoms with Gasteiger partial charge in [-0.15, -0.1) is 0 Å². The molecule has 0 amide bonds. The first kappa shape index (κ1) is 8.01. The lowest BCUT2D eigenvalue weighted by Crippen LogP contribution is -1.83. The third-order valence-electron chi connectivity index (χ3n) is 2.60. The summed E-state index contributed by atoms with van der Waals surface area (Å²) in [5.74, 6) is 0. The highest BCUT2D eigenvalue weighted by Gasteiger charge is 2.18. The molecule has 1 heterocycles. The fourth-order valence-corrected chi connectivity index (χ4v) is 2.10. The number of nitrogens with zero attached hydrogens (tertiary/aromatic N) is 1. The zero-order chi connectivity index (χ0) is 9.54. The summed E-state index contributed by atoms with van der Waals surface area (Å²) in [5.41, 5.74) is 4.89. The minimum atomic E-state index is 0.570. The molecule has 0 radical (unpaired) electrons. The topological polar surface area (TPSA) is 12.9 Å². The van der Waals surface area contributed by atoms with Gasteiger partial charge < -0.3 is 0 Å². The van der Waals surface area contributed by atoms with Crippen molar-refractivity contribution in [2.45, 2.75) is 6.42 Å². The monoisotopic (exact) mass is 201 g/mol. The largest absolute Gasteiger partial charge is 0.236 e. The molecule has 0 saturated carbocycles. The second-order valence-corrected chi connectivity index (χ2v) is 3.86. The standard InChI is InChI=1S/C12H8ClN/c13-11-6-5-9-7-8-3-1-2-4-10(8)12(9)14-11/h1-6H,7H2. The van der Waals surface area contributed by atoms with E-state index in [0.717, 1.165) is 12.1 Å². The number of fused-ring (bicyclic) bond motifs is 3. The first-order chi connectivity index (χ1) is 6.84. The van der Waals surface area contributed by atoms with E-state index in [1.807, 2.05) is 12.1 Å². The van der Waals surface area contributed by atoms with E-state index < -0.39 is 0 Å². The Morgan fingerprint density at radius 1 is 1.00 bits per heavy atom. The molecule has 14 heavy (non-hydrogen) atoms. The fraction of sp³-hybridized carbons (Fsp3) is 0.0833. The zero-order valence-electron chi connectivity index (χ0n) is 7.50. The van der Waals surface area contributed by atoms with Crippen LogP contribution in [0.4, 0.5) is 0 Å². The summed E-state index contributed by atoms with van der Waals surface area (Å²) in [5, 5.41) is 0.570. The summed E-state index contributed by atoms with van der Waals surface area (Å²) in [6.07, 6.45) is 0.982. The lowest BCUT2D eigenvalue weighted by atomic mass is 10.1. The Hall–Kier alpha value is -1.34. The number of pyridine rings is 1. The second-order valence-electron chi connectivity index (χ2n) is 3.48. The van der Waals surface area contributed by atoms with Gasteiger partial charge in [-0.25, -0.2) is 4.98 Å². The van der Waals surface area contributed by atoms with E-state index in [2.05, 4.69) is 29.2 Å². The molecule has 0 spiro atoms. The minimum Gasteiger partial charge on any atom is -0.236 e. The SMILES string of the molecule is Clc1ccc2c(n1)-c1ccccc1C2. The van der Waals surface area contributed by atoms with E-state index in [1.54, 1.807) is 0 Å². The van der Waals surface area contributed by atoms with Gasteiger partial charge in [0.25, 0.3) is 0 Å². The number of hydrogen-bond acceptors (Lipinski definition) is 1. The van der Waals surface area contributed by atoms with E-state index in [-0.39, 0.29) is 0 Å². The molecule has 68 valence electrons. The quantitative estimate of drug-likeness (QED) is 0.509. The molecule has 0 saturated heterocycles. The van der Waals surface area contributed by atoms with Crippen LogP contribution in [0.3, 0.4) is 0 Å². The molecule has 1 aromatic carbocycles. The Labute approximate surface area is 87.4 Å². The van der Waals surface area contributed by atoms with Crippen molar-refractivity contribution in [1.29, 1.82) is 0 Å². The smallest absolute Gasteiger partial charge is 0.129 e. The van der Waals surface area contributed by atoms with Crippen molar-refractivity contribution in [1.82, 2.24) is 4.98 Å². The average Bonchev–Trinajstić information content (AvgIpc) is 2.56. The highest BCUT2D eigenvalue weighted by atomic mass is 35.5. The normalized spacial score (nSPS) is 12.4. The second kappa shape index (κ2) is 2.82. The van der Waals surface area contributed by atoms with E-state index in [1.165, 1.54) is 16.7 Å². The molecule has 0 fully saturated rings. The molecule has 1 aromatic heterocycles. The summed E-state index contributed by atoms with van der Waals surface area (Å²) < 4.78 is 0. The van der Waals surface area contributed by atoms with Gasteiger partial charge in [0.1, 0.15) is 5.15 Å². The van der Waals surface area contributed by atoms with Crippen molar-refractivity contribution in [3.8, 4) is 11.3 Å². The van der Waals surface area contributed by atoms with Gasteiger partial charge in [-0.3, -0.25) is 0 Å². The minimum absolute atomic E-state index is 0.570. The van der Waals surface area contributed by atoms with Crippen molar-refractivity contribution in [3.63, 3.8) is 0 Å². The first-order valence-corrected chi connectivity index (χ1v) is 4.96. The molecular formula is C12H8ClN. The maximum absolute atomic E-state index is 5.88. The van der Waals surface area contributed by atoms with Crippen molar-refractivity contribution in [3.05, 3.63) is 52.7 Å². The van der Waals surface area contributed by atoms with Crippen LogP contribution in [0.2, 0.25) is 5.15 Å². The lowest BCUT2D eigenvalue weighted by Gasteiger charge is -1.98. The van der Waals surface area contributed by atoms with Crippen LogP contribution < -0.4 is 0 Å². The highest BCUT2D eigenvalue weighted by Crippen LogP contribution is 2.35. The number of aromatic nitrogens is 1. The summed E-state index contributed by atoms with van der Waals surface area (Å²) in [6.45, 7) is 0. The molecule has 3 rings (SSSR count). The molecule has 0 bridgehead atoms. The Morgan fingerprint density at radius 3 is 2.79 bits per heavy atom. The van der Waals surface area contributed by atoms with Crippen LogP contribution in [0.5, 0.6) is 0 Å². The van der Waals surface area contributed by atoms with Gasteiger partial charge in [-0.2, -0.15) is 0 Å². The molecular weight excluding hydrogens is 194 g/mol. The van der Waals surface area contributed by atoms with E-state index in [4.69, 9.17) is 11.6 Å². The summed E-state index contributed by atoms with van der Waals surface area (Å²) in [7, 11) is 0. The van der Waals surface area contributed by atoms with Gasteiger partial charge in [0.2, 0.25) is 0 Å². The molecule has 2 heteroatoms. The molecule has 1 aliphatic rings. The molecule has 1 aliphatic carbocycles. The Bertz CT molecular complexity index is 505. The molecule has 0 unspecified atom stereocenters. The van der Waals surface area contributed by atoms with E-state index >= 15 is 0 Å². The summed E-state index contributed by atoms with van der Waals surface area (Å²) in [4.78, 5) is 4.36. The zero-order valence-corrected chi connectivity index (χ0v) is 8.25. The van der Waals surface area contributed by atoms with Crippen LogP contribution in [0, 0.1) is 0 Å². The number of benzene rings is 1. The maximum atomic E-state index is 5.88. The third-order valence-corrected chi connectivity index (χ3v) is 2.81. The van der Waals surface area contributed by atoms with Gasteiger partial charge >= 0.3 is 0 Å². The number of halogens is 1. The van der Waals surface area contributed by atoms with Gasteiger partial charge in [0.15, 0.2) is 0 Å². The molecule has 1 nitrogen and oxygen atoms in total. The van der Waals surface area contributed by atoms with Crippen molar-refractivity contribution in [2.24, 2.45) is 0 Å². The van der Waals surface area contributed by atoms with Crippen LogP contribution in [0.1, 0.15) is 11.1 Å². The van der Waals surface area contributed by atoms with Crippen LogP contribution >= 0.6 is 11.6 Å². The summed E-state index contributed by atoms with van der Waals surface area (Å²) >= 11 is 5.88. The Morgan fingerprint density at radius 2 is 1.86 bits per heavy atom. The maximum Gasteiger partial charge on any atom is 0.129 e.